The van der Waals surface area contributed by atoms with E-state index in [2.05, 4.69) is 20.6 Å². The van der Waals surface area contributed by atoms with Gasteiger partial charge in [0, 0.05) is 0 Å². The van der Waals surface area contributed by atoms with E-state index < -0.39 is 40.9 Å². The maximum absolute atomic E-state index is 12.7. The molecule has 144 valence electrons. The number of aromatic nitrogens is 2. The highest BCUT2D eigenvalue weighted by Gasteiger charge is 2.36. The van der Waals surface area contributed by atoms with Gasteiger partial charge in [-0.3, -0.25) is 0 Å². The lowest BCUT2D eigenvalue weighted by Crippen LogP contribution is -2.21. The molecule has 7 nitrogen and oxygen atoms in total. The Morgan fingerprint density at radius 3 is 1.46 bits per heavy atom. The number of carbonyl (C=O) groups is 1. The van der Waals surface area contributed by atoms with Gasteiger partial charge < -0.3 is 10.6 Å². The summed E-state index contributed by atoms with van der Waals surface area (Å²) in [5.41, 5.74) is -5.11. The number of nitrogens with one attached hydrogen (secondary N) is 2. The largest absolute Gasteiger partial charge is 0.434 e. The third kappa shape index (κ3) is 4.64. The fraction of sp³-hybridized carbons (Fsp3) is 0.133. The summed E-state index contributed by atoms with van der Waals surface area (Å²) in [6.07, 6.45) is -8.44. The van der Waals surface area contributed by atoms with Gasteiger partial charge in [-0.2, -0.15) is 36.9 Å². The number of hydrogen-bond acceptors (Lipinski definition) is 5. The summed E-state index contributed by atoms with van der Waals surface area (Å²) in [5.74, 6) is 0. The molecule has 0 saturated heterocycles. The van der Waals surface area contributed by atoms with E-state index in [-0.39, 0.29) is 11.4 Å². The van der Waals surface area contributed by atoms with E-state index in [0.29, 0.717) is 12.4 Å². The Balaban J connectivity index is 2.19. The number of urea groups is 1. The highest BCUT2D eigenvalue weighted by molar-refractivity contribution is 5.99. The summed E-state index contributed by atoms with van der Waals surface area (Å²) in [6.45, 7) is 0. The zero-order chi connectivity index (χ0) is 21.1. The standard InChI is InChI=1S/C15H6F6N6O/c16-14(17,18)11-7(3-22)1-9(5-24-11)26-13(28)27-10-2-8(4-23)12(25-6-10)15(19,20)21/h1-2,5-6H,(H2,26,27,28). The van der Waals surface area contributed by atoms with E-state index in [4.69, 9.17) is 10.5 Å². The molecule has 13 heteroatoms. The van der Waals surface area contributed by atoms with E-state index >= 15 is 0 Å². The third-order valence-electron chi connectivity index (χ3n) is 3.07. The maximum atomic E-state index is 12.7. The number of nitriles is 2. The van der Waals surface area contributed by atoms with Gasteiger partial charge in [-0.1, -0.05) is 0 Å². The molecule has 0 atom stereocenters. The Morgan fingerprint density at radius 1 is 0.821 bits per heavy atom. The summed E-state index contributed by atoms with van der Waals surface area (Å²) in [7, 11) is 0. The van der Waals surface area contributed by atoms with Crippen molar-refractivity contribution in [2.24, 2.45) is 0 Å². The monoisotopic (exact) mass is 400 g/mol. The lowest BCUT2D eigenvalue weighted by Gasteiger charge is -2.12. The number of amides is 2. The Hall–Kier alpha value is -3.87. The SMILES string of the molecule is N#Cc1cc(NC(=O)Nc2cnc(C(F)(F)F)c(C#N)c2)cnc1C(F)(F)F. The highest BCUT2D eigenvalue weighted by atomic mass is 19.4. The van der Waals surface area contributed by atoms with Crippen LogP contribution in [0.2, 0.25) is 0 Å². The molecule has 0 bridgehead atoms. The van der Waals surface area contributed by atoms with E-state index in [1.165, 1.54) is 12.1 Å². The third-order valence-corrected chi connectivity index (χ3v) is 3.07. The average Bonchev–Trinajstić information content (AvgIpc) is 2.59. The van der Waals surface area contributed by atoms with Crippen LogP contribution in [-0.4, -0.2) is 16.0 Å². The first kappa shape index (κ1) is 20.4. The first-order chi connectivity index (χ1) is 13.0. The number of alkyl halides is 6. The summed E-state index contributed by atoms with van der Waals surface area (Å²) in [5, 5.41) is 21.7. The summed E-state index contributed by atoms with van der Waals surface area (Å²) >= 11 is 0. The second kappa shape index (κ2) is 7.40. The van der Waals surface area contributed by atoms with Gasteiger partial charge >= 0.3 is 18.4 Å². The molecule has 28 heavy (non-hydrogen) atoms. The second-order valence-corrected chi connectivity index (χ2v) is 5.04. The maximum Gasteiger partial charge on any atom is 0.434 e. The Bertz CT molecular complexity index is 923. The number of halogens is 6. The fourth-order valence-electron chi connectivity index (χ4n) is 1.98. The molecule has 2 amide bonds. The molecule has 0 radical (unpaired) electrons. The topological polar surface area (TPSA) is 114 Å². The Labute approximate surface area is 152 Å². The van der Waals surface area contributed by atoms with Crippen molar-refractivity contribution in [3.63, 3.8) is 0 Å². The fourth-order valence-corrected chi connectivity index (χ4v) is 1.98. The van der Waals surface area contributed by atoms with Crippen LogP contribution in [0.1, 0.15) is 22.5 Å². The van der Waals surface area contributed by atoms with Crippen LogP contribution in [0.5, 0.6) is 0 Å². The lowest BCUT2D eigenvalue weighted by molar-refractivity contribution is -0.142. The molecule has 0 aliphatic carbocycles. The van der Waals surface area contributed by atoms with Crippen molar-refractivity contribution in [1.82, 2.24) is 9.97 Å². The zero-order valence-corrected chi connectivity index (χ0v) is 13.3. The number of pyridine rings is 2. The summed E-state index contributed by atoms with van der Waals surface area (Å²) < 4.78 is 76.1. The average molecular weight is 400 g/mol. The van der Waals surface area contributed by atoms with Crippen LogP contribution in [0.4, 0.5) is 42.5 Å². The van der Waals surface area contributed by atoms with Crippen LogP contribution in [0.3, 0.4) is 0 Å². The molecule has 0 aromatic carbocycles. The van der Waals surface area contributed by atoms with Gasteiger partial charge in [0.25, 0.3) is 0 Å². The van der Waals surface area contributed by atoms with E-state index in [9.17, 15) is 31.1 Å². The predicted molar refractivity (Wildman–Crippen MR) is 80.5 cm³/mol. The van der Waals surface area contributed by atoms with E-state index in [1.807, 2.05) is 0 Å². The second-order valence-electron chi connectivity index (χ2n) is 5.04. The molecule has 0 aliphatic rings. The van der Waals surface area contributed by atoms with Gasteiger partial charge in [-0.25, -0.2) is 14.8 Å². The first-order valence-corrected chi connectivity index (χ1v) is 6.98. The van der Waals surface area contributed by atoms with Crippen molar-refractivity contribution < 1.29 is 31.1 Å². The van der Waals surface area contributed by atoms with Crippen molar-refractivity contribution >= 4 is 17.4 Å². The predicted octanol–water partition coefficient (Wildman–Crippen LogP) is 3.90. The number of anilines is 2. The summed E-state index contributed by atoms with van der Waals surface area (Å²) in [4.78, 5) is 18.0. The Morgan fingerprint density at radius 2 is 1.18 bits per heavy atom. The molecule has 0 unspecified atom stereocenters. The van der Waals surface area contributed by atoms with Crippen LogP contribution < -0.4 is 10.6 Å². The molecule has 2 N–H and O–H groups in total. The van der Waals surface area contributed by atoms with Crippen molar-refractivity contribution in [2.75, 3.05) is 10.6 Å². The normalized spacial score (nSPS) is 11.3. The lowest BCUT2D eigenvalue weighted by atomic mass is 10.2. The summed E-state index contributed by atoms with van der Waals surface area (Å²) in [6, 6.07) is 2.96. The number of carbonyl (C=O) groups excluding carboxylic acids is 1. The van der Waals surface area contributed by atoms with Crippen LogP contribution >= 0.6 is 0 Å². The molecule has 0 aliphatic heterocycles. The minimum absolute atomic E-state index is 0.276. The molecule has 2 heterocycles. The minimum atomic E-state index is -4.87. The molecule has 0 spiro atoms. The van der Waals surface area contributed by atoms with Gasteiger partial charge in [0.1, 0.15) is 12.1 Å². The molecular formula is C15H6F6N6O. The number of rotatable bonds is 2. The van der Waals surface area contributed by atoms with Gasteiger partial charge in [-0.05, 0) is 12.1 Å². The smallest absolute Gasteiger partial charge is 0.306 e. The van der Waals surface area contributed by atoms with E-state index in [0.717, 1.165) is 12.1 Å². The molecule has 0 fully saturated rings. The van der Waals surface area contributed by atoms with Crippen LogP contribution in [0.25, 0.3) is 0 Å². The molecule has 0 saturated carbocycles. The zero-order valence-electron chi connectivity index (χ0n) is 13.3. The van der Waals surface area contributed by atoms with Crippen molar-refractivity contribution in [1.29, 1.82) is 10.5 Å². The van der Waals surface area contributed by atoms with Crippen molar-refractivity contribution in [2.45, 2.75) is 12.4 Å². The van der Waals surface area contributed by atoms with Crippen LogP contribution in [-0.2, 0) is 12.4 Å². The van der Waals surface area contributed by atoms with Gasteiger partial charge in [-0.15, -0.1) is 0 Å². The minimum Gasteiger partial charge on any atom is -0.306 e. The highest BCUT2D eigenvalue weighted by Crippen LogP contribution is 2.32. The Kier molecular flexibility index (Phi) is 5.40. The molecule has 2 rings (SSSR count). The van der Waals surface area contributed by atoms with Crippen molar-refractivity contribution in [3.8, 4) is 12.1 Å². The number of nitrogens with zero attached hydrogens (tertiary/aromatic N) is 4. The van der Waals surface area contributed by atoms with Crippen molar-refractivity contribution in [3.05, 3.63) is 47.0 Å². The first-order valence-electron chi connectivity index (χ1n) is 6.98. The molecular weight excluding hydrogens is 394 g/mol. The number of hydrogen-bond donors (Lipinski definition) is 2. The van der Waals surface area contributed by atoms with E-state index in [1.54, 1.807) is 0 Å². The quantitative estimate of drug-likeness (QED) is 0.742. The van der Waals surface area contributed by atoms with Gasteiger partial charge in [0.05, 0.1) is 34.9 Å². The van der Waals surface area contributed by atoms with Gasteiger partial charge in [0.2, 0.25) is 0 Å². The van der Waals surface area contributed by atoms with Crippen LogP contribution in [0, 0.1) is 22.7 Å². The molecule has 2 aromatic rings. The van der Waals surface area contributed by atoms with Gasteiger partial charge in [0.15, 0.2) is 11.4 Å². The molecule has 2 aromatic heterocycles. The van der Waals surface area contributed by atoms with Crippen LogP contribution in [0.15, 0.2) is 24.5 Å².